The van der Waals surface area contributed by atoms with Crippen molar-refractivity contribution in [3.05, 3.63) is 41.5 Å². The lowest BCUT2D eigenvalue weighted by Crippen LogP contribution is -2.20. The van der Waals surface area contributed by atoms with Crippen LogP contribution in [0.2, 0.25) is 0 Å². The van der Waals surface area contributed by atoms with Crippen molar-refractivity contribution in [3.8, 4) is 0 Å². The van der Waals surface area contributed by atoms with Crippen molar-refractivity contribution < 1.29 is 19.1 Å². The number of esters is 2. The van der Waals surface area contributed by atoms with E-state index >= 15 is 0 Å². The second kappa shape index (κ2) is 9.03. The van der Waals surface area contributed by atoms with Crippen molar-refractivity contribution in [3.63, 3.8) is 0 Å². The summed E-state index contributed by atoms with van der Waals surface area (Å²) in [5.74, 6) is -0.963. The fourth-order valence-corrected chi connectivity index (χ4v) is 2.15. The number of hydrogen-bond acceptors (Lipinski definition) is 4. The van der Waals surface area contributed by atoms with Crippen molar-refractivity contribution in [1.29, 1.82) is 0 Å². The highest BCUT2D eigenvalue weighted by Crippen LogP contribution is 2.27. The lowest BCUT2D eigenvalue weighted by molar-refractivity contribution is -0.146. The molecule has 22 heavy (non-hydrogen) atoms. The van der Waals surface area contributed by atoms with Crippen LogP contribution < -0.4 is 0 Å². The van der Waals surface area contributed by atoms with Gasteiger partial charge in [0, 0.05) is 0 Å². The predicted molar refractivity (Wildman–Crippen MR) is 86.1 cm³/mol. The zero-order valence-corrected chi connectivity index (χ0v) is 13.7. The predicted octanol–water partition coefficient (Wildman–Crippen LogP) is 3.61. The second-order valence-electron chi connectivity index (χ2n) is 5.26. The molecule has 1 aromatic carbocycles. The minimum atomic E-state index is -0.625. The summed E-state index contributed by atoms with van der Waals surface area (Å²) in [7, 11) is 0. The Balaban J connectivity index is 3.43. The molecule has 0 radical (unpaired) electrons. The zero-order valence-electron chi connectivity index (χ0n) is 13.7. The number of ether oxygens (including phenoxy) is 2. The molecular formula is C18H24O4. The molecule has 0 aliphatic heterocycles. The molecule has 4 nitrogen and oxygen atoms in total. The molecule has 0 aromatic heterocycles. The Morgan fingerprint density at radius 3 is 1.86 bits per heavy atom. The minimum Gasteiger partial charge on any atom is -0.462 e. The Kier molecular flexibility index (Phi) is 7.37. The fourth-order valence-electron chi connectivity index (χ4n) is 2.15. The molecule has 0 atom stereocenters. The molecule has 0 heterocycles. The SMILES string of the molecule is CCOC(=O)C(C(=O)OCC)=C(CC(C)C)c1ccccc1. The molecule has 0 fully saturated rings. The topological polar surface area (TPSA) is 52.6 Å². The Morgan fingerprint density at radius 2 is 1.45 bits per heavy atom. The van der Waals surface area contributed by atoms with E-state index in [1.807, 2.05) is 44.2 Å². The van der Waals surface area contributed by atoms with E-state index in [0.717, 1.165) is 5.56 Å². The quantitative estimate of drug-likeness (QED) is 0.334. The third kappa shape index (κ3) is 5.02. The van der Waals surface area contributed by atoms with Crippen LogP contribution in [-0.2, 0) is 19.1 Å². The fraction of sp³-hybridized carbons (Fsp3) is 0.444. The molecule has 0 N–H and O–H groups in total. The van der Waals surface area contributed by atoms with Crippen molar-refractivity contribution in [2.45, 2.75) is 34.1 Å². The van der Waals surface area contributed by atoms with E-state index in [0.29, 0.717) is 12.0 Å². The van der Waals surface area contributed by atoms with Crippen LogP contribution in [-0.4, -0.2) is 25.2 Å². The molecule has 1 aromatic rings. The van der Waals surface area contributed by atoms with Crippen molar-refractivity contribution >= 4 is 17.5 Å². The van der Waals surface area contributed by atoms with Crippen molar-refractivity contribution in [2.24, 2.45) is 5.92 Å². The van der Waals surface area contributed by atoms with Crippen LogP contribution >= 0.6 is 0 Å². The first kappa shape index (κ1) is 18.0. The number of allylic oxidation sites excluding steroid dienone is 1. The van der Waals surface area contributed by atoms with Gasteiger partial charge in [-0.3, -0.25) is 0 Å². The average molecular weight is 304 g/mol. The normalized spacial score (nSPS) is 10.2. The summed E-state index contributed by atoms with van der Waals surface area (Å²) in [5.41, 5.74) is 1.52. The second-order valence-corrected chi connectivity index (χ2v) is 5.26. The van der Waals surface area contributed by atoms with Crippen LogP contribution in [0.1, 0.15) is 39.7 Å². The van der Waals surface area contributed by atoms with Gasteiger partial charge < -0.3 is 9.47 Å². The molecule has 0 amide bonds. The molecule has 0 saturated carbocycles. The third-order valence-electron chi connectivity index (χ3n) is 3.00. The van der Waals surface area contributed by atoms with E-state index in [4.69, 9.17) is 9.47 Å². The van der Waals surface area contributed by atoms with E-state index in [9.17, 15) is 9.59 Å². The van der Waals surface area contributed by atoms with Gasteiger partial charge in [-0.1, -0.05) is 44.2 Å². The van der Waals surface area contributed by atoms with E-state index in [1.165, 1.54) is 0 Å². The minimum absolute atomic E-state index is 0.00333. The standard InChI is InChI=1S/C18H24O4/c1-5-21-17(19)16(18(20)22-6-2)15(12-13(3)4)14-10-8-7-9-11-14/h7-11,13H,5-6,12H2,1-4H3. The highest BCUT2D eigenvalue weighted by molar-refractivity contribution is 6.20. The molecule has 0 bridgehead atoms. The zero-order chi connectivity index (χ0) is 16.5. The van der Waals surface area contributed by atoms with Crippen molar-refractivity contribution in [1.82, 2.24) is 0 Å². The number of rotatable bonds is 7. The Labute approximate surface area is 132 Å². The number of carbonyl (C=O) groups excluding carboxylic acids is 2. The lowest BCUT2D eigenvalue weighted by atomic mass is 9.92. The van der Waals surface area contributed by atoms with Crippen LogP contribution in [0.5, 0.6) is 0 Å². The van der Waals surface area contributed by atoms with Gasteiger partial charge in [-0.15, -0.1) is 0 Å². The number of hydrogen-bond donors (Lipinski definition) is 0. The molecule has 0 aliphatic rings. The summed E-state index contributed by atoms with van der Waals surface area (Å²) in [6.07, 6.45) is 0.594. The van der Waals surface area contributed by atoms with Gasteiger partial charge in [0.25, 0.3) is 0 Å². The summed E-state index contributed by atoms with van der Waals surface area (Å²) in [6.45, 7) is 7.93. The number of carbonyl (C=O) groups is 2. The summed E-state index contributed by atoms with van der Waals surface area (Å²) in [6, 6.07) is 9.42. The molecular weight excluding hydrogens is 280 g/mol. The van der Waals surface area contributed by atoms with Crippen LogP contribution in [0.4, 0.5) is 0 Å². The molecule has 4 heteroatoms. The smallest absolute Gasteiger partial charge is 0.345 e. The molecule has 0 spiro atoms. The van der Waals surface area contributed by atoms with Crippen LogP contribution in [0.15, 0.2) is 35.9 Å². The third-order valence-corrected chi connectivity index (χ3v) is 3.00. The van der Waals surface area contributed by atoms with Crippen LogP contribution in [0, 0.1) is 5.92 Å². The molecule has 120 valence electrons. The summed E-state index contributed by atoms with van der Waals surface area (Å²) < 4.78 is 10.1. The molecule has 0 saturated heterocycles. The summed E-state index contributed by atoms with van der Waals surface area (Å²) in [4.78, 5) is 24.5. The van der Waals surface area contributed by atoms with E-state index in [1.54, 1.807) is 13.8 Å². The first-order chi connectivity index (χ1) is 10.5. The Bertz CT molecular complexity index is 509. The summed E-state index contributed by atoms with van der Waals surface area (Å²) >= 11 is 0. The Hall–Kier alpha value is -2.10. The van der Waals surface area contributed by atoms with Crippen molar-refractivity contribution in [2.75, 3.05) is 13.2 Å². The van der Waals surface area contributed by atoms with Crippen LogP contribution in [0.3, 0.4) is 0 Å². The first-order valence-electron chi connectivity index (χ1n) is 7.64. The maximum Gasteiger partial charge on any atom is 0.345 e. The van der Waals surface area contributed by atoms with Gasteiger partial charge in [0.15, 0.2) is 0 Å². The van der Waals surface area contributed by atoms with E-state index in [2.05, 4.69) is 0 Å². The largest absolute Gasteiger partial charge is 0.462 e. The maximum atomic E-state index is 12.3. The van der Waals surface area contributed by atoms with Gasteiger partial charge in [0.2, 0.25) is 0 Å². The van der Waals surface area contributed by atoms with Crippen LogP contribution in [0.25, 0.3) is 5.57 Å². The highest BCUT2D eigenvalue weighted by Gasteiger charge is 2.26. The molecule has 0 aliphatic carbocycles. The lowest BCUT2D eigenvalue weighted by Gasteiger charge is -2.16. The number of benzene rings is 1. The van der Waals surface area contributed by atoms with Gasteiger partial charge >= 0.3 is 11.9 Å². The average Bonchev–Trinajstić information content (AvgIpc) is 2.47. The Morgan fingerprint density at radius 1 is 0.955 bits per heavy atom. The van der Waals surface area contributed by atoms with Gasteiger partial charge in [-0.2, -0.15) is 0 Å². The summed E-state index contributed by atoms with van der Waals surface area (Å²) in [5, 5.41) is 0. The van der Waals surface area contributed by atoms with Gasteiger partial charge in [0.1, 0.15) is 5.57 Å². The van der Waals surface area contributed by atoms with Gasteiger partial charge in [-0.05, 0) is 37.3 Å². The highest BCUT2D eigenvalue weighted by atomic mass is 16.6. The first-order valence-corrected chi connectivity index (χ1v) is 7.64. The monoisotopic (exact) mass is 304 g/mol. The molecule has 0 unspecified atom stereocenters. The molecule has 1 rings (SSSR count). The van der Waals surface area contributed by atoms with Gasteiger partial charge in [0.05, 0.1) is 13.2 Å². The van der Waals surface area contributed by atoms with E-state index < -0.39 is 11.9 Å². The van der Waals surface area contributed by atoms with E-state index in [-0.39, 0.29) is 24.7 Å². The van der Waals surface area contributed by atoms with Gasteiger partial charge in [-0.25, -0.2) is 9.59 Å². The maximum absolute atomic E-state index is 12.3.